The van der Waals surface area contributed by atoms with Crippen LogP contribution in [0.25, 0.3) is 16.9 Å². The van der Waals surface area contributed by atoms with Crippen LogP contribution in [0.5, 0.6) is 0 Å². The molecule has 0 saturated heterocycles. The number of benzene rings is 2. The fourth-order valence-corrected chi connectivity index (χ4v) is 3.09. The summed E-state index contributed by atoms with van der Waals surface area (Å²) >= 11 is 0. The second-order valence-corrected chi connectivity index (χ2v) is 6.80. The summed E-state index contributed by atoms with van der Waals surface area (Å²) in [5.74, 6) is -1.22. The van der Waals surface area contributed by atoms with Gasteiger partial charge in [-0.3, -0.25) is 9.78 Å². The number of rotatable bonds is 6. The van der Waals surface area contributed by atoms with Gasteiger partial charge in [-0.15, -0.1) is 0 Å². The number of hydrogen-bond donors (Lipinski definition) is 1. The fourth-order valence-electron chi connectivity index (χ4n) is 3.09. The molecule has 0 aliphatic carbocycles. The van der Waals surface area contributed by atoms with Crippen molar-refractivity contribution in [2.45, 2.75) is 6.92 Å². The molecule has 2 aromatic carbocycles. The van der Waals surface area contributed by atoms with Gasteiger partial charge in [0.25, 0.3) is 5.91 Å². The van der Waals surface area contributed by atoms with Crippen LogP contribution in [0.2, 0.25) is 0 Å². The molecule has 4 aromatic rings. The summed E-state index contributed by atoms with van der Waals surface area (Å²) < 4.78 is 19.9. The third-order valence-electron chi connectivity index (χ3n) is 4.62. The second kappa shape index (κ2) is 9.22. The number of aromatic nitrogens is 3. The standard InChI is InChI=1S/C24H19FN4O3/c1-2-32-24(31)16-5-9-19(10-6-16)27-23(30)21-14-22(17-4-3-13-26-15-17)29(28-21)20-11-7-18(25)8-12-20/h3-15H,2H2,1H3,(H,27,30). The number of halogens is 1. The average Bonchev–Trinajstić information content (AvgIpc) is 3.26. The Balaban J connectivity index is 1.62. The molecule has 1 amide bonds. The third kappa shape index (κ3) is 4.54. The number of nitrogens with one attached hydrogen (secondary N) is 1. The number of hydrogen-bond acceptors (Lipinski definition) is 5. The number of esters is 1. The van der Waals surface area contributed by atoms with Gasteiger partial charge in [0.05, 0.1) is 23.6 Å². The van der Waals surface area contributed by atoms with Crippen LogP contribution in [0.3, 0.4) is 0 Å². The largest absolute Gasteiger partial charge is 0.462 e. The Labute approximate surface area is 183 Å². The molecule has 0 saturated carbocycles. The lowest BCUT2D eigenvalue weighted by Gasteiger charge is -2.07. The lowest BCUT2D eigenvalue weighted by atomic mass is 10.2. The van der Waals surface area contributed by atoms with Crippen LogP contribution < -0.4 is 5.32 Å². The van der Waals surface area contributed by atoms with E-state index in [0.29, 0.717) is 22.6 Å². The van der Waals surface area contributed by atoms with Crippen molar-refractivity contribution in [2.24, 2.45) is 0 Å². The van der Waals surface area contributed by atoms with E-state index in [9.17, 15) is 14.0 Å². The summed E-state index contributed by atoms with van der Waals surface area (Å²) in [7, 11) is 0. The maximum Gasteiger partial charge on any atom is 0.338 e. The third-order valence-corrected chi connectivity index (χ3v) is 4.62. The molecule has 0 radical (unpaired) electrons. The molecule has 4 rings (SSSR count). The molecule has 0 aliphatic heterocycles. The number of anilines is 1. The van der Waals surface area contributed by atoms with E-state index in [1.165, 1.54) is 12.1 Å². The summed E-state index contributed by atoms with van der Waals surface area (Å²) in [6, 6.07) is 17.5. The van der Waals surface area contributed by atoms with Crippen LogP contribution in [0.4, 0.5) is 10.1 Å². The van der Waals surface area contributed by atoms with Crippen molar-refractivity contribution in [3.05, 3.63) is 96.2 Å². The Morgan fingerprint density at radius 3 is 2.47 bits per heavy atom. The van der Waals surface area contributed by atoms with E-state index in [2.05, 4.69) is 15.4 Å². The minimum absolute atomic E-state index is 0.169. The molecule has 160 valence electrons. The lowest BCUT2D eigenvalue weighted by molar-refractivity contribution is 0.0526. The molecule has 32 heavy (non-hydrogen) atoms. The maximum atomic E-state index is 13.4. The summed E-state index contributed by atoms with van der Waals surface area (Å²) in [5, 5.41) is 7.20. The van der Waals surface area contributed by atoms with Crippen LogP contribution in [0.15, 0.2) is 79.1 Å². The lowest BCUT2D eigenvalue weighted by Crippen LogP contribution is -2.13. The predicted octanol–water partition coefficient (Wildman–Crippen LogP) is 4.50. The van der Waals surface area contributed by atoms with Gasteiger partial charge in [-0.25, -0.2) is 13.9 Å². The first kappa shape index (κ1) is 20.9. The molecule has 2 heterocycles. The predicted molar refractivity (Wildman–Crippen MR) is 117 cm³/mol. The first-order chi connectivity index (χ1) is 15.5. The minimum Gasteiger partial charge on any atom is -0.462 e. The molecule has 0 unspecified atom stereocenters. The molecule has 2 aromatic heterocycles. The Hall–Kier alpha value is -4.33. The number of ether oxygens (including phenoxy) is 1. The zero-order valence-corrected chi connectivity index (χ0v) is 17.2. The summed E-state index contributed by atoms with van der Waals surface area (Å²) in [5.41, 5.74) is 3.05. The fraction of sp³-hybridized carbons (Fsp3) is 0.0833. The van der Waals surface area contributed by atoms with Gasteiger partial charge in [0.1, 0.15) is 5.82 Å². The van der Waals surface area contributed by atoms with E-state index in [4.69, 9.17) is 4.74 Å². The summed E-state index contributed by atoms with van der Waals surface area (Å²) in [6.07, 6.45) is 3.31. The molecule has 8 heteroatoms. The van der Waals surface area contributed by atoms with Crippen molar-refractivity contribution < 1.29 is 18.7 Å². The number of amides is 1. The summed E-state index contributed by atoms with van der Waals surface area (Å²) in [6.45, 7) is 2.02. The van der Waals surface area contributed by atoms with Crippen molar-refractivity contribution in [3.8, 4) is 16.9 Å². The van der Waals surface area contributed by atoms with Crippen LogP contribution >= 0.6 is 0 Å². The number of carbonyl (C=O) groups is 2. The Kier molecular flexibility index (Phi) is 6.03. The molecule has 7 nitrogen and oxygen atoms in total. The first-order valence-electron chi connectivity index (χ1n) is 9.90. The molecule has 0 spiro atoms. The van der Waals surface area contributed by atoms with Gasteiger partial charge >= 0.3 is 5.97 Å². The van der Waals surface area contributed by atoms with Crippen LogP contribution in [-0.2, 0) is 4.74 Å². The van der Waals surface area contributed by atoms with E-state index in [1.54, 1.807) is 72.5 Å². The van der Waals surface area contributed by atoms with Gasteiger partial charge in [-0.05, 0) is 73.7 Å². The smallest absolute Gasteiger partial charge is 0.338 e. The highest BCUT2D eigenvalue weighted by molar-refractivity contribution is 6.03. The van der Waals surface area contributed by atoms with E-state index in [1.807, 2.05) is 6.07 Å². The molecule has 1 N–H and O–H groups in total. The molecule has 0 aliphatic rings. The molecule has 0 bridgehead atoms. The highest BCUT2D eigenvalue weighted by atomic mass is 19.1. The van der Waals surface area contributed by atoms with Crippen LogP contribution in [0.1, 0.15) is 27.8 Å². The highest BCUT2D eigenvalue weighted by Gasteiger charge is 2.17. The van der Waals surface area contributed by atoms with Crippen molar-refractivity contribution in [1.82, 2.24) is 14.8 Å². The second-order valence-electron chi connectivity index (χ2n) is 6.80. The van der Waals surface area contributed by atoms with Gasteiger partial charge < -0.3 is 10.1 Å². The van der Waals surface area contributed by atoms with E-state index >= 15 is 0 Å². The Morgan fingerprint density at radius 2 is 1.81 bits per heavy atom. The van der Waals surface area contributed by atoms with E-state index in [0.717, 1.165) is 5.56 Å². The zero-order valence-electron chi connectivity index (χ0n) is 17.2. The normalized spacial score (nSPS) is 10.6. The summed E-state index contributed by atoms with van der Waals surface area (Å²) in [4.78, 5) is 28.8. The maximum absolute atomic E-state index is 13.4. The number of carbonyl (C=O) groups excluding carboxylic acids is 2. The van der Waals surface area contributed by atoms with Crippen molar-refractivity contribution in [1.29, 1.82) is 0 Å². The van der Waals surface area contributed by atoms with E-state index < -0.39 is 11.9 Å². The topological polar surface area (TPSA) is 86.1 Å². The number of pyridine rings is 1. The van der Waals surface area contributed by atoms with Crippen molar-refractivity contribution in [2.75, 3.05) is 11.9 Å². The monoisotopic (exact) mass is 430 g/mol. The molecular formula is C24H19FN4O3. The molecule has 0 fully saturated rings. The SMILES string of the molecule is CCOC(=O)c1ccc(NC(=O)c2cc(-c3cccnc3)n(-c3ccc(F)cc3)n2)cc1. The van der Waals surface area contributed by atoms with Gasteiger partial charge in [0.2, 0.25) is 0 Å². The average molecular weight is 430 g/mol. The van der Waals surface area contributed by atoms with Gasteiger partial charge in [-0.2, -0.15) is 5.10 Å². The van der Waals surface area contributed by atoms with E-state index in [-0.39, 0.29) is 18.1 Å². The van der Waals surface area contributed by atoms with Gasteiger partial charge in [0, 0.05) is 23.6 Å². The van der Waals surface area contributed by atoms with Crippen molar-refractivity contribution >= 4 is 17.6 Å². The minimum atomic E-state index is -0.431. The van der Waals surface area contributed by atoms with Crippen LogP contribution in [-0.4, -0.2) is 33.2 Å². The zero-order chi connectivity index (χ0) is 22.5. The first-order valence-corrected chi connectivity index (χ1v) is 9.90. The van der Waals surface area contributed by atoms with Gasteiger partial charge in [-0.1, -0.05) is 0 Å². The highest BCUT2D eigenvalue weighted by Crippen LogP contribution is 2.24. The quantitative estimate of drug-likeness (QED) is 0.455. The van der Waals surface area contributed by atoms with Crippen molar-refractivity contribution in [3.63, 3.8) is 0 Å². The Bertz CT molecular complexity index is 1240. The molecular weight excluding hydrogens is 411 g/mol. The van der Waals surface area contributed by atoms with Crippen LogP contribution in [0, 0.1) is 5.82 Å². The molecule has 0 atom stereocenters. The Morgan fingerprint density at radius 1 is 1.06 bits per heavy atom. The number of nitrogens with zero attached hydrogens (tertiary/aromatic N) is 3. The van der Waals surface area contributed by atoms with Gasteiger partial charge in [0.15, 0.2) is 5.69 Å².